The minimum Gasteiger partial charge on any atom is -0.339 e. The van der Waals surface area contributed by atoms with Gasteiger partial charge in [0.1, 0.15) is 0 Å². The zero-order chi connectivity index (χ0) is 19.3. The van der Waals surface area contributed by atoms with Crippen molar-refractivity contribution in [2.75, 3.05) is 5.32 Å². The maximum absolute atomic E-state index is 12.4. The number of fused-ring (bicyclic) bond motifs is 1. The lowest BCUT2D eigenvalue weighted by molar-refractivity contribution is -0.116. The van der Waals surface area contributed by atoms with Crippen molar-refractivity contribution in [1.82, 2.24) is 19.7 Å². The first-order valence-corrected chi connectivity index (χ1v) is 10.2. The van der Waals surface area contributed by atoms with Crippen molar-refractivity contribution < 1.29 is 9.32 Å². The molecule has 1 N–H and O–H groups in total. The zero-order valence-electron chi connectivity index (χ0n) is 15.6. The fourth-order valence-corrected chi connectivity index (χ4v) is 3.72. The number of benzene rings is 1. The molecule has 0 radical (unpaired) electrons. The monoisotopic (exact) mass is 395 g/mol. The molecule has 0 spiro atoms. The van der Waals surface area contributed by atoms with Crippen LogP contribution in [0.5, 0.6) is 0 Å². The molecule has 3 aromatic heterocycles. The molecular formula is C20H21N5O2S. The first kappa shape index (κ1) is 18.4. The summed E-state index contributed by atoms with van der Waals surface area (Å²) in [6.45, 7) is 2.92. The molecule has 3 heterocycles. The van der Waals surface area contributed by atoms with E-state index in [4.69, 9.17) is 4.52 Å². The summed E-state index contributed by atoms with van der Waals surface area (Å²) in [5.41, 5.74) is 1.92. The Bertz CT molecular complexity index is 1070. The molecule has 4 aromatic rings. The van der Waals surface area contributed by atoms with Gasteiger partial charge in [-0.15, -0.1) is 11.3 Å². The molecule has 0 atom stereocenters. The van der Waals surface area contributed by atoms with Crippen LogP contribution in [0, 0.1) is 0 Å². The predicted octanol–water partition coefficient (Wildman–Crippen LogP) is 4.52. The number of carbonyl (C=O) groups excluding carboxylic acids is 1. The maximum atomic E-state index is 12.4. The third-order valence-electron chi connectivity index (χ3n) is 4.36. The second-order valence-corrected chi connectivity index (χ2v) is 7.41. The third kappa shape index (κ3) is 3.96. The van der Waals surface area contributed by atoms with Crippen molar-refractivity contribution in [3.63, 3.8) is 0 Å². The Morgan fingerprint density at radius 3 is 2.93 bits per heavy atom. The van der Waals surface area contributed by atoms with Crippen LogP contribution in [0.4, 0.5) is 5.95 Å². The lowest BCUT2D eigenvalue weighted by Crippen LogP contribution is -2.16. The SMILES string of the molecule is CCCn1c(NC(=O)CCCc2nc(-c3cccs3)no2)nc2ccccc21. The summed E-state index contributed by atoms with van der Waals surface area (Å²) in [5, 5.41) is 8.91. The number of hydrogen-bond acceptors (Lipinski definition) is 6. The van der Waals surface area contributed by atoms with Crippen molar-refractivity contribution >= 4 is 34.2 Å². The highest BCUT2D eigenvalue weighted by atomic mass is 32.1. The Morgan fingerprint density at radius 1 is 1.21 bits per heavy atom. The van der Waals surface area contributed by atoms with Crippen LogP contribution in [0.15, 0.2) is 46.3 Å². The molecule has 0 saturated heterocycles. The number of anilines is 1. The Morgan fingerprint density at radius 2 is 2.11 bits per heavy atom. The summed E-state index contributed by atoms with van der Waals surface area (Å²) in [6, 6.07) is 11.8. The summed E-state index contributed by atoms with van der Waals surface area (Å²) in [6.07, 6.45) is 2.53. The van der Waals surface area contributed by atoms with Crippen LogP contribution in [0.3, 0.4) is 0 Å². The number of thiophene rings is 1. The average Bonchev–Trinajstić information content (AvgIpc) is 3.43. The second kappa shape index (κ2) is 8.35. The fourth-order valence-electron chi connectivity index (χ4n) is 3.07. The smallest absolute Gasteiger partial charge is 0.226 e. The number of nitrogens with one attached hydrogen (secondary N) is 1. The number of aryl methyl sites for hydroxylation is 2. The van der Waals surface area contributed by atoms with Crippen molar-refractivity contribution in [3.05, 3.63) is 47.7 Å². The van der Waals surface area contributed by atoms with Gasteiger partial charge in [0.05, 0.1) is 15.9 Å². The highest BCUT2D eigenvalue weighted by Crippen LogP contribution is 2.22. The van der Waals surface area contributed by atoms with Crippen LogP contribution < -0.4 is 5.32 Å². The van der Waals surface area contributed by atoms with Gasteiger partial charge >= 0.3 is 0 Å². The molecule has 4 rings (SSSR count). The molecular weight excluding hydrogens is 374 g/mol. The minimum atomic E-state index is -0.0642. The molecule has 28 heavy (non-hydrogen) atoms. The number of hydrogen-bond donors (Lipinski definition) is 1. The molecule has 8 heteroatoms. The van der Waals surface area contributed by atoms with Crippen LogP contribution in [-0.4, -0.2) is 25.6 Å². The number of nitrogens with zero attached hydrogens (tertiary/aromatic N) is 4. The lowest BCUT2D eigenvalue weighted by Gasteiger charge is -2.08. The van der Waals surface area contributed by atoms with Crippen molar-refractivity contribution in [3.8, 4) is 10.7 Å². The number of carbonyl (C=O) groups is 1. The molecule has 0 unspecified atom stereocenters. The molecule has 1 aromatic carbocycles. The summed E-state index contributed by atoms with van der Waals surface area (Å²) in [5.74, 6) is 1.69. The normalized spacial score (nSPS) is 11.2. The number of amides is 1. The second-order valence-electron chi connectivity index (χ2n) is 6.47. The van der Waals surface area contributed by atoms with Gasteiger partial charge in [-0.3, -0.25) is 10.1 Å². The highest BCUT2D eigenvalue weighted by Gasteiger charge is 2.14. The van der Waals surface area contributed by atoms with E-state index in [0.717, 1.165) is 28.9 Å². The molecule has 144 valence electrons. The van der Waals surface area contributed by atoms with Crippen LogP contribution in [0.1, 0.15) is 32.1 Å². The Balaban J connectivity index is 1.35. The average molecular weight is 395 g/mol. The number of imidazole rings is 1. The van der Waals surface area contributed by atoms with Crippen LogP contribution >= 0.6 is 11.3 Å². The van der Waals surface area contributed by atoms with Gasteiger partial charge in [0, 0.05) is 19.4 Å². The Hall–Kier alpha value is -3.00. The standard InChI is InChI=1S/C20H21N5O2S/c1-2-12-25-15-8-4-3-7-14(15)21-20(25)22-17(26)10-5-11-18-23-19(24-27-18)16-9-6-13-28-16/h3-4,6-9,13H,2,5,10-12H2,1H3,(H,21,22,26). The fraction of sp³-hybridized carbons (Fsp3) is 0.300. The summed E-state index contributed by atoms with van der Waals surface area (Å²) >= 11 is 1.57. The molecule has 1 amide bonds. The van der Waals surface area contributed by atoms with E-state index in [1.165, 1.54) is 0 Å². The first-order chi connectivity index (χ1) is 13.7. The zero-order valence-corrected chi connectivity index (χ0v) is 16.4. The Kier molecular flexibility index (Phi) is 5.48. The van der Waals surface area contributed by atoms with E-state index >= 15 is 0 Å². The van der Waals surface area contributed by atoms with Crippen LogP contribution in [0.2, 0.25) is 0 Å². The molecule has 0 bridgehead atoms. The van der Waals surface area contributed by atoms with Gasteiger partial charge in [0.2, 0.25) is 23.6 Å². The van der Waals surface area contributed by atoms with E-state index in [2.05, 4.69) is 31.9 Å². The molecule has 7 nitrogen and oxygen atoms in total. The quantitative estimate of drug-likeness (QED) is 0.474. The molecule has 0 fully saturated rings. The number of para-hydroxylation sites is 2. The van der Waals surface area contributed by atoms with Gasteiger partial charge in [-0.05, 0) is 36.4 Å². The molecule has 0 saturated carbocycles. The third-order valence-corrected chi connectivity index (χ3v) is 5.22. The molecule has 0 aliphatic rings. The predicted molar refractivity (Wildman–Crippen MR) is 109 cm³/mol. The minimum absolute atomic E-state index is 0.0642. The van der Waals surface area contributed by atoms with Crippen molar-refractivity contribution in [1.29, 1.82) is 0 Å². The summed E-state index contributed by atoms with van der Waals surface area (Å²) in [7, 11) is 0. The van der Waals surface area contributed by atoms with E-state index in [1.807, 2.05) is 41.8 Å². The molecule has 0 aliphatic carbocycles. The van der Waals surface area contributed by atoms with Crippen LogP contribution in [-0.2, 0) is 17.8 Å². The van der Waals surface area contributed by atoms with Gasteiger partial charge in [-0.25, -0.2) is 4.98 Å². The lowest BCUT2D eigenvalue weighted by atomic mass is 10.2. The van der Waals surface area contributed by atoms with E-state index in [1.54, 1.807) is 11.3 Å². The van der Waals surface area contributed by atoms with Crippen molar-refractivity contribution in [2.24, 2.45) is 0 Å². The highest BCUT2D eigenvalue weighted by molar-refractivity contribution is 7.13. The van der Waals surface area contributed by atoms with Crippen LogP contribution in [0.25, 0.3) is 21.7 Å². The summed E-state index contributed by atoms with van der Waals surface area (Å²) < 4.78 is 7.33. The molecule has 0 aliphatic heterocycles. The van der Waals surface area contributed by atoms with E-state index < -0.39 is 0 Å². The van der Waals surface area contributed by atoms with Gasteiger partial charge in [0.25, 0.3) is 0 Å². The Labute approximate surface area is 166 Å². The summed E-state index contributed by atoms with van der Waals surface area (Å²) in [4.78, 5) is 22.3. The van der Waals surface area contributed by atoms with E-state index in [0.29, 0.717) is 36.9 Å². The topological polar surface area (TPSA) is 85.8 Å². The van der Waals surface area contributed by atoms with Gasteiger partial charge in [-0.2, -0.15) is 4.98 Å². The maximum Gasteiger partial charge on any atom is 0.226 e. The number of aromatic nitrogens is 4. The first-order valence-electron chi connectivity index (χ1n) is 9.36. The van der Waals surface area contributed by atoms with Gasteiger partial charge in [0.15, 0.2) is 0 Å². The van der Waals surface area contributed by atoms with E-state index in [9.17, 15) is 4.79 Å². The van der Waals surface area contributed by atoms with Gasteiger partial charge < -0.3 is 9.09 Å². The van der Waals surface area contributed by atoms with Gasteiger partial charge in [-0.1, -0.05) is 30.3 Å². The largest absolute Gasteiger partial charge is 0.339 e. The van der Waals surface area contributed by atoms with E-state index in [-0.39, 0.29) is 5.91 Å². The number of rotatable bonds is 8. The van der Waals surface area contributed by atoms with Crippen molar-refractivity contribution in [2.45, 2.75) is 39.2 Å².